The van der Waals surface area contributed by atoms with Crippen LogP contribution in [0.4, 0.5) is 0 Å². The first-order chi connectivity index (χ1) is 6.36. The predicted molar refractivity (Wildman–Crippen MR) is 50.9 cm³/mol. The third kappa shape index (κ3) is 1.86. The van der Waals surface area contributed by atoms with E-state index in [4.69, 9.17) is 0 Å². The van der Waals surface area contributed by atoms with Gasteiger partial charge >= 0.3 is 5.69 Å². The van der Waals surface area contributed by atoms with Crippen molar-refractivity contribution in [3.8, 4) is 0 Å². The number of thiazole rings is 1. The maximum atomic E-state index is 11.1. The average Bonchev–Trinajstić information content (AvgIpc) is 2.72. The molecule has 0 aliphatic carbocycles. The summed E-state index contributed by atoms with van der Waals surface area (Å²) in [4.78, 5) is 17.8. The van der Waals surface area contributed by atoms with Crippen molar-refractivity contribution in [2.75, 3.05) is 0 Å². The summed E-state index contributed by atoms with van der Waals surface area (Å²) in [5.74, 6) is 0. The second-order valence-electron chi connectivity index (χ2n) is 2.69. The van der Waals surface area contributed by atoms with E-state index in [1.165, 1.54) is 0 Å². The number of nitrogens with zero attached hydrogens (tertiary/aromatic N) is 2. The molecule has 0 bridgehead atoms. The van der Waals surface area contributed by atoms with Crippen molar-refractivity contribution >= 4 is 11.3 Å². The van der Waals surface area contributed by atoms with Crippen LogP contribution >= 0.6 is 11.3 Å². The summed E-state index contributed by atoms with van der Waals surface area (Å²) in [6.45, 7) is 0.687. The average molecular weight is 195 g/mol. The molecule has 5 heteroatoms. The summed E-state index contributed by atoms with van der Waals surface area (Å²) >= 11 is 1.57. The third-order valence-corrected chi connectivity index (χ3v) is 2.45. The molecule has 2 heterocycles. The van der Waals surface area contributed by atoms with Crippen molar-refractivity contribution in [1.82, 2.24) is 14.5 Å². The fourth-order valence-corrected chi connectivity index (χ4v) is 1.71. The van der Waals surface area contributed by atoms with Crippen molar-refractivity contribution in [1.29, 1.82) is 0 Å². The van der Waals surface area contributed by atoms with Crippen molar-refractivity contribution in [3.05, 3.63) is 39.5 Å². The van der Waals surface area contributed by atoms with Crippen molar-refractivity contribution < 1.29 is 0 Å². The summed E-state index contributed by atoms with van der Waals surface area (Å²) in [6, 6.07) is 0. The lowest BCUT2D eigenvalue weighted by atomic mass is 10.3. The first-order valence-electron chi connectivity index (χ1n) is 3.97. The van der Waals surface area contributed by atoms with E-state index in [1.54, 1.807) is 33.8 Å². The van der Waals surface area contributed by atoms with Crippen molar-refractivity contribution in [2.45, 2.75) is 13.0 Å². The monoisotopic (exact) mass is 195 g/mol. The molecular weight excluding hydrogens is 186 g/mol. The molecule has 4 nitrogen and oxygen atoms in total. The molecule has 0 amide bonds. The molecule has 0 aliphatic rings. The van der Waals surface area contributed by atoms with Gasteiger partial charge in [-0.25, -0.2) is 9.78 Å². The van der Waals surface area contributed by atoms with Crippen LogP contribution in [0, 0.1) is 0 Å². The maximum absolute atomic E-state index is 11.1. The Kier molecular flexibility index (Phi) is 2.27. The van der Waals surface area contributed by atoms with Crippen LogP contribution in [0.15, 0.2) is 28.1 Å². The van der Waals surface area contributed by atoms with Gasteiger partial charge in [0.1, 0.15) is 0 Å². The number of aryl methyl sites for hydroxylation is 2. The summed E-state index contributed by atoms with van der Waals surface area (Å²) in [6.07, 6.45) is 4.19. The van der Waals surface area contributed by atoms with Gasteiger partial charge in [0.05, 0.1) is 11.2 Å². The Hall–Kier alpha value is -1.36. The minimum absolute atomic E-state index is 0.0600. The zero-order valence-electron chi connectivity index (χ0n) is 6.93. The third-order valence-electron chi connectivity index (χ3n) is 1.81. The SMILES string of the molecule is O=c1[nH]ccn1CCc1cscn1. The Morgan fingerprint density at radius 2 is 2.54 bits per heavy atom. The van der Waals surface area contributed by atoms with E-state index in [-0.39, 0.29) is 5.69 Å². The largest absolute Gasteiger partial charge is 0.325 e. The number of hydrogen-bond donors (Lipinski definition) is 1. The van der Waals surface area contributed by atoms with Gasteiger partial charge in [-0.15, -0.1) is 11.3 Å². The Morgan fingerprint density at radius 1 is 1.62 bits per heavy atom. The van der Waals surface area contributed by atoms with Crippen LogP contribution in [0.3, 0.4) is 0 Å². The van der Waals surface area contributed by atoms with Crippen LogP contribution in [-0.4, -0.2) is 14.5 Å². The molecule has 0 radical (unpaired) electrons. The van der Waals surface area contributed by atoms with E-state index in [0.717, 1.165) is 12.1 Å². The molecule has 0 saturated carbocycles. The maximum Gasteiger partial charge on any atom is 0.325 e. The van der Waals surface area contributed by atoms with E-state index in [2.05, 4.69) is 9.97 Å². The minimum atomic E-state index is -0.0600. The highest BCUT2D eigenvalue weighted by Crippen LogP contribution is 2.02. The molecule has 2 rings (SSSR count). The minimum Gasteiger partial charge on any atom is -0.313 e. The van der Waals surface area contributed by atoms with Gasteiger partial charge in [0.15, 0.2) is 0 Å². The van der Waals surface area contributed by atoms with Crippen LogP contribution in [0.5, 0.6) is 0 Å². The lowest BCUT2D eigenvalue weighted by Crippen LogP contribution is -2.17. The Bertz CT molecular complexity index is 415. The van der Waals surface area contributed by atoms with Gasteiger partial charge in [-0.3, -0.25) is 4.57 Å². The molecule has 0 fully saturated rings. The van der Waals surface area contributed by atoms with Crippen LogP contribution in [-0.2, 0) is 13.0 Å². The van der Waals surface area contributed by atoms with E-state index < -0.39 is 0 Å². The van der Waals surface area contributed by atoms with Gasteiger partial charge in [-0.05, 0) is 0 Å². The molecule has 68 valence electrons. The lowest BCUT2D eigenvalue weighted by molar-refractivity contribution is 0.664. The fraction of sp³-hybridized carbons (Fsp3) is 0.250. The number of hydrogen-bond acceptors (Lipinski definition) is 3. The van der Waals surface area contributed by atoms with Gasteiger partial charge in [0.25, 0.3) is 0 Å². The van der Waals surface area contributed by atoms with E-state index in [9.17, 15) is 4.79 Å². The lowest BCUT2D eigenvalue weighted by Gasteiger charge is -1.96. The van der Waals surface area contributed by atoms with Crippen LogP contribution in [0.2, 0.25) is 0 Å². The predicted octanol–water partition coefficient (Wildman–Crippen LogP) is 0.876. The van der Waals surface area contributed by atoms with Gasteiger partial charge in [-0.1, -0.05) is 0 Å². The standard InChI is InChI=1S/C8H9N3OS/c12-8-9-2-4-11(8)3-1-7-5-13-6-10-7/h2,4-6H,1,3H2,(H,9,12). The Morgan fingerprint density at radius 3 is 3.15 bits per heavy atom. The van der Waals surface area contributed by atoms with Gasteiger partial charge in [0, 0.05) is 30.7 Å². The van der Waals surface area contributed by atoms with Crippen molar-refractivity contribution in [3.63, 3.8) is 0 Å². The van der Waals surface area contributed by atoms with Gasteiger partial charge in [0.2, 0.25) is 0 Å². The number of nitrogens with one attached hydrogen (secondary N) is 1. The zero-order chi connectivity index (χ0) is 9.10. The molecule has 2 aromatic heterocycles. The fourth-order valence-electron chi connectivity index (χ4n) is 1.12. The highest BCUT2D eigenvalue weighted by atomic mass is 32.1. The first kappa shape index (κ1) is 8.25. The molecule has 2 aromatic rings. The van der Waals surface area contributed by atoms with Crippen LogP contribution in [0.25, 0.3) is 0 Å². The molecule has 0 spiro atoms. The van der Waals surface area contributed by atoms with Crippen LogP contribution < -0.4 is 5.69 Å². The topological polar surface area (TPSA) is 50.7 Å². The molecule has 0 saturated heterocycles. The molecule has 0 aliphatic heterocycles. The molecule has 1 N–H and O–H groups in total. The highest BCUT2D eigenvalue weighted by molar-refractivity contribution is 7.07. The number of aromatic amines is 1. The van der Waals surface area contributed by atoms with E-state index in [0.29, 0.717) is 6.54 Å². The summed E-state index contributed by atoms with van der Waals surface area (Å²) in [5, 5.41) is 2.00. The van der Waals surface area contributed by atoms with Crippen LogP contribution in [0.1, 0.15) is 5.69 Å². The Labute approximate surface area is 78.9 Å². The summed E-state index contributed by atoms with van der Waals surface area (Å²) in [7, 11) is 0. The quantitative estimate of drug-likeness (QED) is 0.790. The van der Waals surface area contributed by atoms with E-state index in [1.807, 2.05) is 5.38 Å². The number of rotatable bonds is 3. The second kappa shape index (κ2) is 3.57. The molecule has 0 unspecified atom stereocenters. The number of aromatic nitrogens is 3. The van der Waals surface area contributed by atoms with Crippen molar-refractivity contribution in [2.24, 2.45) is 0 Å². The van der Waals surface area contributed by atoms with Gasteiger partial charge in [-0.2, -0.15) is 0 Å². The number of H-pyrrole nitrogens is 1. The molecule has 0 atom stereocenters. The molecule has 13 heavy (non-hydrogen) atoms. The molecular formula is C8H9N3OS. The number of imidazole rings is 1. The summed E-state index contributed by atoms with van der Waals surface area (Å²) < 4.78 is 1.64. The smallest absolute Gasteiger partial charge is 0.313 e. The first-order valence-corrected chi connectivity index (χ1v) is 4.91. The van der Waals surface area contributed by atoms with Gasteiger partial charge < -0.3 is 4.98 Å². The zero-order valence-corrected chi connectivity index (χ0v) is 7.75. The normalized spacial score (nSPS) is 10.5. The summed E-state index contributed by atoms with van der Waals surface area (Å²) in [5.41, 5.74) is 2.78. The second-order valence-corrected chi connectivity index (χ2v) is 3.41. The van der Waals surface area contributed by atoms with E-state index >= 15 is 0 Å². The highest BCUT2D eigenvalue weighted by Gasteiger charge is 1.98. The Balaban J connectivity index is 2.01. The molecule has 0 aromatic carbocycles.